The molecule has 1 amide bonds. The van der Waals surface area contributed by atoms with Gasteiger partial charge < -0.3 is 10.4 Å². The van der Waals surface area contributed by atoms with Gasteiger partial charge in [0, 0.05) is 5.56 Å². The van der Waals surface area contributed by atoms with Crippen LogP contribution < -0.4 is 5.32 Å². The molecule has 0 aromatic heterocycles. The molecule has 1 unspecified atom stereocenters. The molecule has 0 saturated heterocycles. The number of carbonyl (C=O) groups excluding carboxylic acids is 1. The molecule has 0 heterocycles. The normalized spacial score (nSPS) is 12.8. The van der Waals surface area contributed by atoms with Crippen molar-refractivity contribution in [3.8, 4) is 0 Å². The van der Waals surface area contributed by atoms with Gasteiger partial charge in [0.25, 0.3) is 5.91 Å². The molecule has 0 fully saturated rings. The van der Waals surface area contributed by atoms with E-state index in [-0.39, 0.29) is 5.91 Å². The predicted molar refractivity (Wildman–Crippen MR) is 83.4 cm³/mol. The highest BCUT2D eigenvalue weighted by Gasteiger charge is 2.32. The van der Waals surface area contributed by atoms with Gasteiger partial charge in [0.1, 0.15) is 6.04 Å². The number of aliphatic carboxylic acids is 1. The quantitative estimate of drug-likeness (QED) is 0.845. The lowest BCUT2D eigenvalue weighted by molar-refractivity contribution is -0.142. The minimum absolute atomic E-state index is 0.348. The van der Waals surface area contributed by atoms with E-state index in [9.17, 15) is 14.7 Å². The van der Waals surface area contributed by atoms with Crippen LogP contribution in [-0.4, -0.2) is 23.0 Å². The zero-order valence-corrected chi connectivity index (χ0v) is 13.3. The number of benzene rings is 1. The number of amides is 1. The van der Waals surface area contributed by atoms with Crippen LogP contribution in [-0.2, 0) is 11.2 Å². The molecule has 4 heteroatoms. The Morgan fingerprint density at radius 2 is 1.76 bits per heavy atom. The summed E-state index contributed by atoms with van der Waals surface area (Å²) < 4.78 is 0. The van der Waals surface area contributed by atoms with E-state index in [2.05, 4.69) is 12.2 Å². The van der Waals surface area contributed by atoms with Gasteiger partial charge in [0.15, 0.2) is 0 Å². The Morgan fingerprint density at radius 1 is 1.19 bits per heavy atom. The van der Waals surface area contributed by atoms with E-state index in [1.54, 1.807) is 32.9 Å². The largest absolute Gasteiger partial charge is 0.480 e. The van der Waals surface area contributed by atoms with E-state index < -0.39 is 17.4 Å². The average Bonchev–Trinajstić information content (AvgIpc) is 2.41. The highest BCUT2D eigenvalue weighted by atomic mass is 16.4. The Labute approximate surface area is 126 Å². The lowest BCUT2D eigenvalue weighted by atomic mass is 9.86. The molecular formula is C17H25NO3. The molecule has 2 N–H and O–H groups in total. The van der Waals surface area contributed by atoms with E-state index in [1.807, 2.05) is 12.1 Å². The smallest absolute Gasteiger partial charge is 0.326 e. The average molecular weight is 291 g/mol. The second kappa shape index (κ2) is 7.25. The van der Waals surface area contributed by atoms with Gasteiger partial charge in [-0.25, -0.2) is 4.79 Å². The molecular weight excluding hydrogens is 266 g/mol. The molecule has 0 radical (unpaired) electrons. The maximum atomic E-state index is 12.2. The van der Waals surface area contributed by atoms with Gasteiger partial charge in [-0.2, -0.15) is 0 Å². The van der Waals surface area contributed by atoms with Crippen molar-refractivity contribution in [2.24, 2.45) is 5.41 Å². The first-order chi connectivity index (χ1) is 9.75. The fourth-order valence-electron chi connectivity index (χ4n) is 2.07. The van der Waals surface area contributed by atoms with Crippen LogP contribution in [0.5, 0.6) is 0 Å². The first-order valence-corrected chi connectivity index (χ1v) is 7.38. The van der Waals surface area contributed by atoms with Crippen molar-refractivity contribution in [2.75, 3.05) is 0 Å². The summed E-state index contributed by atoms with van der Waals surface area (Å²) in [6.07, 6.45) is 3.25. The summed E-state index contributed by atoms with van der Waals surface area (Å²) >= 11 is 0. The predicted octanol–water partition coefficient (Wildman–Crippen LogP) is 3.26. The van der Waals surface area contributed by atoms with E-state index in [0.29, 0.717) is 5.56 Å². The highest BCUT2D eigenvalue weighted by molar-refractivity contribution is 5.96. The van der Waals surface area contributed by atoms with Gasteiger partial charge in [-0.1, -0.05) is 46.2 Å². The van der Waals surface area contributed by atoms with Crippen molar-refractivity contribution in [3.05, 3.63) is 35.4 Å². The standard InChI is InChI=1S/C17H25NO3/c1-5-6-7-12-8-10-13(11-9-12)15(19)18-14(16(20)21)17(2,3)4/h8-11,14H,5-7H2,1-4H3,(H,18,19)(H,20,21). The third kappa shape index (κ3) is 5.21. The summed E-state index contributed by atoms with van der Waals surface area (Å²) in [6.45, 7) is 7.51. The van der Waals surface area contributed by atoms with Gasteiger partial charge >= 0.3 is 5.97 Å². The second-order valence-corrected chi connectivity index (χ2v) is 6.41. The molecule has 21 heavy (non-hydrogen) atoms. The molecule has 0 aliphatic rings. The number of unbranched alkanes of at least 4 members (excludes halogenated alkanes) is 1. The number of aryl methyl sites for hydroxylation is 1. The number of nitrogens with one attached hydrogen (secondary N) is 1. The molecule has 0 aliphatic heterocycles. The number of rotatable bonds is 6. The topological polar surface area (TPSA) is 66.4 Å². The molecule has 1 atom stereocenters. The second-order valence-electron chi connectivity index (χ2n) is 6.41. The number of hydrogen-bond donors (Lipinski definition) is 2. The van der Waals surface area contributed by atoms with Crippen LogP contribution in [0.15, 0.2) is 24.3 Å². The monoisotopic (exact) mass is 291 g/mol. The molecule has 0 aliphatic carbocycles. The van der Waals surface area contributed by atoms with Crippen LogP contribution in [0.4, 0.5) is 0 Å². The van der Waals surface area contributed by atoms with Crippen LogP contribution in [0.25, 0.3) is 0 Å². The van der Waals surface area contributed by atoms with Crippen molar-refractivity contribution < 1.29 is 14.7 Å². The number of carboxylic acids is 1. The van der Waals surface area contributed by atoms with Crippen molar-refractivity contribution in [3.63, 3.8) is 0 Å². The summed E-state index contributed by atoms with van der Waals surface area (Å²) in [4.78, 5) is 23.4. The van der Waals surface area contributed by atoms with Crippen molar-refractivity contribution >= 4 is 11.9 Å². The fraction of sp³-hybridized carbons (Fsp3) is 0.529. The van der Waals surface area contributed by atoms with Crippen LogP contribution in [0.3, 0.4) is 0 Å². The zero-order chi connectivity index (χ0) is 16.0. The minimum atomic E-state index is -1.02. The van der Waals surface area contributed by atoms with Crippen molar-refractivity contribution in [1.82, 2.24) is 5.32 Å². The molecule has 0 spiro atoms. The maximum absolute atomic E-state index is 12.2. The van der Waals surface area contributed by atoms with Crippen LogP contribution >= 0.6 is 0 Å². The molecule has 1 rings (SSSR count). The molecule has 1 aromatic carbocycles. The van der Waals surface area contributed by atoms with Gasteiger partial charge in [-0.15, -0.1) is 0 Å². The van der Waals surface area contributed by atoms with Crippen LogP contribution in [0.2, 0.25) is 0 Å². The van der Waals surface area contributed by atoms with Gasteiger partial charge in [0.2, 0.25) is 0 Å². The van der Waals surface area contributed by atoms with Crippen LogP contribution in [0, 0.1) is 5.41 Å². The summed E-state index contributed by atoms with van der Waals surface area (Å²) in [5.74, 6) is -1.37. The Hall–Kier alpha value is -1.84. The first kappa shape index (κ1) is 17.2. The number of carbonyl (C=O) groups is 2. The minimum Gasteiger partial charge on any atom is -0.480 e. The van der Waals surface area contributed by atoms with Gasteiger partial charge in [-0.05, 0) is 36.0 Å². The Balaban J connectivity index is 2.77. The van der Waals surface area contributed by atoms with E-state index in [1.165, 1.54) is 5.56 Å². The Bertz CT molecular complexity index is 486. The Morgan fingerprint density at radius 3 is 2.19 bits per heavy atom. The molecule has 1 aromatic rings. The van der Waals surface area contributed by atoms with Crippen molar-refractivity contribution in [1.29, 1.82) is 0 Å². The summed E-state index contributed by atoms with van der Waals surface area (Å²) in [6, 6.07) is 6.45. The summed E-state index contributed by atoms with van der Waals surface area (Å²) in [7, 11) is 0. The number of hydrogen-bond acceptors (Lipinski definition) is 2. The molecule has 4 nitrogen and oxygen atoms in total. The summed E-state index contributed by atoms with van der Waals surface area (Å²) in [5, 5.41) is 11.8. The third-order valence-electron chi connectivity index (χ3n) is 3.42. The number of carboxylic acid groups (broad SMARTS) is 1. The Kier molecular flexibility index (Phi) is 5.94. The molecule has 116 valence electrons. The first-order valence-electron chi connectivity index (χ1n) is 7.38. The van der Waals surface area contributed by atoms with E-state index in [0.717, 1.165) is 19.3 Å². The SMILES string of the molecule is CCCCc1ccc(C(=O)NC(C(=O)O)C(C)(C)C)cc1. The van der Waals surface area contributed by atoms with Gasteiger partial charge in [0.05, 0.1) is 0 Å². The maximum Gasteiger partial charge on any atom is 0.326 e. The molecule has 0 bridgehead atoms. The van der Waals surface area contributed by atoms with E-state index in [4.69, 9.17) is 0 Å². The molecule has 0 saturated carbocycles. The van der Waals surface area contributed by atoms with Crippen molar-refractivity contribution in [2.45, 2.75) is 53.0 Å². The van der Waals surface area contributed by atoms with Crippen LogP contribution in [0.1, 0.15) is 56.5 Å². The fourth-order valence-corrected chi connectivity index (χ4v) is 2.07. The summed E-state index contributed by atoms with van der Waals surface area (Å²) in [5.41, 5.74) is 1.15. The third-order valence-corrected chi connectivity index (χ3v) is 3.42. The lowest BCUT2D eigenvalue weighted by Gasteiger charge is -2.27. The van der Waals surface area contributed by atoms with E-state index >= 15 is 0 Å². The zero-order valence-electron chi connectivity index (χ0n) is 13.3. The lowest BCUT2D eigenvalue weighted by Crippen LogP contribution is -2.49. The van der Waals surface area contributed by atoms with Gasteiger partial charge in [-0.3, -0.25) is 4.79 Å². The highest BCUT2D eigenvalue weighted by Crippen LogP contribution is 2.20.